The van der Waals surface area contributed by atoms with Crippen molar-refractivity contribution in [3.63, 3.8) is 0 Å². The van der Waals surface area contributed by atoms with E-state index in [4.69, 9.17) is 0 Å². The first-order valence-electron chi connectivity index (χ1n) is 2.33. The molecule has 0 bridgehead atoms. The molecule has 0 radical (unpaired) electrons. The zero-order valence-electron chi connectivity index (χ0n) is 4.81. The van der Waals surface area contributed by atoms with Crippen LogP contribution in [0.2, 0.25) is 0 Å². The van der Waals surface area contributed by atoms with Crippen LogP contribution in [0.15, 0.2) is 17.3 Å². The molecule has 1 heterocycles. The summed E-state index contributed by atoms with van der Waals surface area (Å²) in [7, 11) is -0.789. The lowest BCUT2D eigenvalue weighted by Crippen LogP contribution is -1.84. The van der Waals surface area contributed by atoms with E-state index in [1.807, 2.05) is 0 Å². The van der Waals surface area contributed by atoms with Crippen molar-refractivity contribution < 1.29 is 8.42 Å². The van der Waals surface area contributed by atoms with E-state index in [2.05, 4.69) is 5.10 Å². The highest BCUT2D eigenvalue weighted by Gasteiger charge is 1.94. The van der Waals surface area contributed by atoms with Crippen molar-refractivity contribution in [2.45, 2.75) is 4.90 Å². The number of hydrogen-bond donors (Lipinski definition) is 1. The van der Waals surface area contributed by atoms with Crippen LogP contribution in [0.4, 0.5) is 0 Å². The molecular weight excluding hydrogens is 140 g/mol. The summed E-state index contributed by atoms with van der Waals surface area (Å²) < 4.78 is 21.8. The fourth-order valence-corrected chi connectivity index (χ4v) is 0.910. The molecule has 50 valence electrons. The van der Waals surface area contributed by atoms with Gasteiger partial charge in [-0.05, 0) is 0 Å². The van der Waals surface area contributed by atoms with E-state index < -0.39 is 10.7 Å². The van der Waals surface area contributed by atoms with E-state index in [-0.39, 0.29) is 4.90 Å². The fourth-order valence-electron chi connectivity index (χ4n) is 0.503. The second-order valence-electron chi connectivity index (χ2n) is 1.63. The highest BCUT2D eigenvalue weighted by atomic mass is 32.2. The molecule has 5 heteroatoms. The maximum absolute atomic E-state index is 10.2. The lowest BCUT2D eigenvalue weighted by atomic mass is 10.7. The van der Waals surface area contributed by atoms with Crippen LogP contribution in [0.1, 0.15) is 0 Å². The monoisotopic (exact) mass is 146 g/mol. The number of thiol groups is 1. The molecule has 1 aromatic heterocycles. The van der Waals surface area contributed by atoms with Crippen LogP contribution in [-0.4, -0.2) is 18.2 Å². The number of hydrogen-bond acceptors (Lipinski definition) is 3. The Bertz CT molecular complexity index is 268. The van der Waals surface area contributed by atoms with Gasteiger partial charge in [0.25, 0.3) is 0 Å². The molecule has 0 aromatic carbocycles. The van der Waals surface area contributed by atoms with Crippen molar-refractivity contribution in [1.82, 2.24) is 9.78 Å². The Labute approximate surface area is 54.1 Å². The molecule has 0 atom stereocenters. The lowest BCUT2D eigenvalue weighted by molar-refractivity contribution is 0.614. The van der Waals surface area contributed by atoms with Gasteiger partial charge in [-0.3, -0.25) is 4.68 Å². The SMILES string of the molecule is Cn1cc([SH](=O)=O)cn1. The Morgan fingerprint density at radius 1 is 1.67 bits per heavy atom. The van der Waals surface area contributed by atoms with Crippen molar-refractivity contribution in [3.05, 3.63) is 12.4 Å². The number of nitrogens with zero attached hydrogens (tertiary/aromatic N) is 2. The predicted molar refractivity (Wildman–Crippen MR) is 31.8 cm³/mol. The van der Waals surface area contributed by atoms with Gasteiger partial charge in [-0.1, -0.05) is 0 Å². The van der Waals surface area contributed by atoms with Gasteiger partial charge in [0.05, 0.1) is 6.20 Å². The Morgan fingerprint density at radius 2 is 2.33 bits per heavy atom. The van der Waals surface area contributed by atoms with E-state index in [0.29, 0.717) is 0 Å². The summed E-state index contributed by atoms with van der Waals surface area (Å²) in [5.41, 5.74) is 0. The zero-order valence-corrected chi connectivity index (χ0v) is 5.71. The molecule has 0 aliphatic carbocycles. The molecule has 4 nitrogen and oxygen atoms in total. The number of aromatic nitrogens is 2. The van der Waals surface area contributed by atoms with Gasteiger partial charge in [-0.2, -0.15) is 5.10 Å². The highest BCUT2D eigenvalue weighted by molar-refractivity contribution is 7.72. The first-order chi connectivity index (χ1) is 4.20. The average molecular weight is 146 g/mol. The van der Waals surface area contributed by atoms with E-state index in [0.717, 1.165) is 0 Å². The third kappa shape index (κ3) is 1.29. The van der Waals surface area contributed by atoms with Crippen LogP contribution < -0.4 is 0 Å². The van der Waals surface area contributed by atoms with Gasteiger partial charge >= 0.3 is 0 Å². The predicted octanol–water partition coefficient (Wildman–Crippen LogP) is -0.610. The molecule has 0 amide bonds. The van der Waals surface area contributed by atoms with Crippen LogP contribution in [-0.2, 0) is 17.8 Å². The third-order valence-electron chi connectivity index (χ3n) is 0.902. The average Bonchev–Trinajstić information content (AvgIpc) is 2.14. The van der Waals surface area contributed by atoms with Gasteiger partial charge in [0, 0.05) is 13.2 Å². The summed E-state index contributed by atoms with van der Waals surface area (Å²) in [6, 6.07) is 0. The summed E-state index contributed by atoms with van der Waals surface area (Å²) in [6.07, 6.45) is 2.76. The van der Waals surface area contributed by atoms with E-state index in [1.165, 1.54) is 17.1 Å². The summed E-state index contributed by atoms with van der Waals surface area (Å²) in [5.74, 6) is 0. The topological polar surface area (TPSA) is 52.0 Å². The van der Waals surface area contributed by atoms with E-state index >= 15 is 0 Å². The molecule has 1 rings (SSSR count). The molecule has 0 unspecified atom stereocenters. The number of aryl methyl sites for hydroxylation is 1. The maximum Gasteiger partial charge on any atom is 0.171 e. The van der Waals surface area contributed by atoms with Crippen molar-refractivity contribution in [1.29, 1.82) is 0 Å². The molecule has 0 saturated carbocycles. The smallest absolute Gasteiger partial charge is 0.171 e. The molecule has 0 spiro atoms. The number of rotatable bonds is 1. The Morgan fingerprint density at radius 3 is 2.56 bits per heavy atom. The molecule has 0 fully saturated rings. The van der Waals surface area contributed by atoms with E-state index in [1.54, 1.807) is 7.05 Å². The largest absolute Gasteiger partial charge is 0.274 e. The van der Waals surface area contributed by atoms with Gasteiger partial charge in [-0.15, -0.1) is 0 Å². The van der Waals surface area contributed by atoms with Crippen LogP contribution in [0.5, 0.6) is 0 Å². The van der Waals surface area contributed by atoms with E-state index in [9.17, 15) is 8.42 Å². The summed E-state index contributed by atoms with van der Waals surface area (Å²) in [4.78, 5) is 0.257. The van der Waals surface area contributed by atoms with Crippen molar-refractivity contribution in [3.8, 4) is 0 Å². The minimum Gasteiger partial charge on any atom is -0.274 e. The summed E-state index contributed by atoms with van der Waals surface area (Å²) in [6.45, 7) is 0. The third-order valence-corrected chi connectivity index (χ3v) is 1.55. The first kappa shape index (κ1) is 6.28. The van der Waals surface area contributed by atoms with Crippen LogP contribution in [0.25, 0.3) is 0 Å². The van der Waals surface area contributed by atoms with Gasteiger partial charge in [-0.25, -0.2) is 8.42 Å². The van der Waals surface area contributed by atoms with Gasteiger partial charge in [0.15, 0.2) is 10.7 Å². The second-order valence-corrected chi connectivity index (χ2v) is 2.66. The summed E-state index contributed by atoms with van der Waals surface area (Å²) >= 11 is 0. The Kier molecular flexibility index (Phi) is 1.52. The van der Waals surface area contributed by atoms with Crippen molar-refractivity contribution >= 4 is 10.7 Å². The highest BCUT2D eigenvalue weighted by Crippen LogP contribution is 1.95. The lowest BCUT2D eigenvalue weighted by Gasteiger charge is -1.78. The standard InChI is InChI=1S/C4H6N2O2S/c1-6-3-4(2-5-6)9(7)8/h2-3,9H,1H3. The molecule has 9 heavy (non-hydrogen) atoms. The van der Waals surface area contributed by atoms with Gasteiger partial charge < -0.3 is 0 Å². The molecule has 0 aliphatic rings. The maximum atomic E-state index is 10.2. The van der Waals surface area contributed by atoms with Crippen LogP contribution in [0.3, 0.4) is 0 Å². The minimum atomic E-state index is -2.46. The minimum absolute atomic E-state index is 0.257. The molecule has 1 aromatic rings. The van der Waals surface area contributed by atoms with Crippen LogP contribution in [0, 0.1) is 0 Å². The van der Waals surface area contributed by atoms with Crippen molar-refractivity contribution in [2.75, 3.05) is 0 Å². The second kappa shape index (κ2) is 2.18. The van der Waals surface area contributed by atoms with Gasteiger partial charge in [0.2, 0.25) is 0 Å². The molecule has 0 saturated heterocycles. The fraction of sp³-hybridized carbons (Fsp3) is 0.250. The first-order valence-corrected chi connectivity index (χ1v) is 3.51. The Hall–Kier alpha value is -0.840. The van der Waals surface area contributed by atoms with Gasteiger partial charge in [0.1, 0.15) is 4.90 Å². The molecular formula is C4H6N2O2S. The molecule has 0 N–H and O–H groups in total. The quantitative estimate of drug-likeness (QED) is 0.538. The van der Waals surface area contributed by atoms with Crippen molar-refractivity contribution in [2.24, 2.45) is 7.05 Å². The summed E-state index contributed by atoms with van der Waals surface area (Å²) in [5, 5.41) is 3.67. The molecule has 0 aliphatic heterocycles. The van der Waals surface area contributed by atoms with Crippen LogP contribution >= 0.6 is 0 Å². The Balaban J connectivity index is 3.12. The normalized spacial score (nSPS) is 10.4. The zero-order chi connectivity index (χ0) is 6.85.